The van der Waals surface area contributed by atoms with Crippen LogP contribution in [-0.2, 0) is 0 Å². The zero-order valence-electron chi connectivity index (χ0n) is 11.6. The van der Waals surface area contributed by atoms with Crippen molar-refractivity contribution in [3.8, 4) is 0 Å². The Labute approximate surface area is 111 Å². The Morgan fingerprint density at radius 1 is 0.944 bits per heavy atom. The summed E-state index contributed by atoms with van der Waals surface area (Å²) in [5.41, 5.74) is 0. The van der Waals surface area contributed by atoms with Gasteiger partial charge < -0.3 is 10.0 Å². The van der Waals surface area contributed by atoms with Crippen molar-refractivity contribution in [3.05, 3.63) is 0 Å². The molecule has 1 aliphatic carbocycles. The Kier molecular flexibility index (Phi) is 4.22. The molecular weight excluding hydrogens is 224 g/mol. The predicted molar refractivity (Wildman–Crippen MR) is 73.6 cm³/mol. The van der Waals surface area contributed by atoms with Gasteiger partial charge in [-0.3, -0.25) is 4.90 Å². The van der Waals surface area contributed by atoms with Gasteiger partial charge in [0.05, 0.1) is 6.10 Å². The lowest BCUT2D eigenvalue weighted by Gasteiger charge is -2.44. The lowest BCUT2D eigenvalue weighted by molar-refractivity contribution is 0.0419. The fourth-order valence-electron chi connectivity index (χ4n) is 4.13. The highest BCUT2D eigenvalue weighted by molar-refractivity contribution is 4.86. The monoisotopic (exact) mass is 252 g/mol. The van der Waals surface area contributed by atoms with Crippen molar-refractivity contribution >= 4 is 0 Å². The number of aliphatic hydroxyl groups excluding tert-OH is 1. The number of aliphatic hydroxyl groups is 1. The predicted octanol–water partition coefficient (Wildman–Crippen LogP) is 1.71. The molecule has 3 unspecified atom stereocenters. The Hall–Kier alpha value is -0.120. The van der Waals surface area contributed by atoms with Gasteiger partial charge in [0.2, 0.25) is 0 Å². The molecule has 0 amide bonds. The van der Waals surface area contributed by atoms with Gasteiger partial charge in [-0.15, -0.1) is 0 Å². The van der Waals surface area contributed by atoms with Gasteiger partial charge in [-0.25, -0.2) is 0 Å². The zero-order chi connectivity index (χ0) is 12.4. The second-order valence-electron chi connectivity index (χ2n) is 6.53. The molecular formula is C15H28N2O. The lowest BCUT2D eigenvalue weighted by Crippen LogP contribution is -2.55. The summed E-state index contributed by atoms with van der Waals surface area (Å²) in [4.78, 5) is 5.35. The summed E-state index contributed by atoms with van der Waals surface area (Å²) in [7, 11) is 0. The molecule has 2 heterocycles. The summed E-state index contributed by atoms with van der Waals surface area (Å²) in [6.45, 7) is 6.35. The Morgan fingerprint density at radius 3 is 2.72 bits per heavy atom. The number of nitrogens with zero attached hydrogens (tertiary/aromatic N) is 2. The van der Waals surface area contributed by atoms with Crippen molar-refractivity contribution in [1.29, 1.82) is 0 Å². The van der Waals surface area contributed by atoms with Crippen LogP contribution in [0.3, 0.4) is 0 Å². The van der Waals surface area contributed by atoms with Crippen molar-refractivity contribution in [1.82, 2.24) is 9.80 Å². The number of hydrogen-bond acceptors (Lipinski definition) is 3. The first-order valence-electron chi connectivity index (χ1n) is 7.97. The van der Waals surface area contributed by atoms with E-state index in [2.05, 4.69) is 9.80 Å². The minimum Gasteiger partial charge on any atom is -0.393 e. The highest BCUT2D eigenvalue weighted by Crippen LogP contribution is 2.29. The molecule has 3 atom stereocenters. The molecule has 0 spiro atoms. The molecule has 0 radical (unpaired) electrons. The van der Waals surface area contributed by atoms with E-state index in [1.165, 1.54) is 71.2 Å². The smallest absolute Gasteiger partial charge is 0.0568 e. The molecule has 3 nitrogen and oxygen atoms in total. The van der Waals surface area contributed by atoms with Gasteiger partial charge in [0, 0.05) is 25.7 Å². The van der Waals surface area contributed by atoms with Crippen LogP contribution in [0.5, 0.6) is 0 Å². The third-order valence-corrected chi connectivity index (χ3v) is 5.36. The van der Waals surface area contributed by atoms with Crippen molar-refractivity contribution < 1.29 is 5.11 Å². The maximum absolute atomic E-state index is 9.88. The fraction of sp³-hybridized carbons (Fsp3) is 1.00. The van der Waals surface area contributed by atoms with Crippen LogP contribution in [-0.4, -0.2) is 59.8 Å². The second kappa shape index (κ2) is 5.89. The zero-order valence-corrected chi connectivity index (χ0v) is 11.6. The number of hydrogen-bond donors (Lipinski definition) is 1. The SMILES string of the molecule is OC1CCCC1CCN1CCN2CCCCC2C1. The van der Waals surface area contributed by atoms with Crippen LogP contribution in [0.4, 0.5) is 0 Å². The Bertz CT molecular complexity index is 271. The molecule has 3 rings (SSSR count). The topological polar surface area (TPSA) is 26.7 Å². The van der Waals surface area contributed by atoms with Crippen LogP contribution >= 0.6 is 0 Å². The summed E-state index contributed by atoms with van der Waals surface area (Å²) in [5.74, 6) is 0.592. The number of rotatable bonds is 3. The summed E-state index contributed by atoms with van der Waals surface area (Å²) < 4.78 is 0. The molecule has 2 aliphatic heterocycles. The number of piperidine rings is 1. The molecule has 18 heavy (non-hydrogen) atoms. The van der Waals surface area contributed by atoms with E-state index in [4.69, 9.17) is 0 Å². The number of piperazine rings is 1. The molecule has 1 N–H and O–H groups in total. The van der Waals surface area contributed by atoms with Gasteiger partial charge in [-0.05, 0) is 51.1 Å². The average molecular weight is 252 g/mol. The molecule has 0 aromatic heterocycles. The third kappa shape index (κ3) is 2.89. The minimum absolute atomic E-state index is 0.000898. The van der Waals surface area contributed by atoms with Gasteiger partial charge >= 0.3 is 0 Å². The lowest BCUT2D eigenvalue weighted by atomic mass is 9.98. The Balaban J connectivity index is 1.43. The fourth-order valence-corrected chi connectivity index (χ4v) is 4.13. The Morgan fingerprint density at radius 2 is 1.89 bits per heavy atom. The maximum Gasteiger partial charge on any atom is 0.0568 e. The van der Waals surface area contributed by atoms with Crippen molar-refractivity contribution in [2.45, 2.75) is 57.1 Å². The van der Waals surface area contributed by atoms with E-state index in [1.807, 2.05) is 0 Å². The highest BCUT2D eigenvalue weighted by atomic mass is 16.3. The van der Waals surface area contributed by atoms with Gasteiger partial charge in [0.25, 0.3) is 0 Å². The van der Waals surface area contributed by atoms with E-state index in [-0.39, 0.29) is 6.10 Å². The maximum atomic E-state index is 9.88. The summed E-state index contributed by atoms with van der Waals surface area (Å²) in [6, 6.07) is 0.834. The van der Waals surface area contributed by atoms with Crippen molar-refractivity contribution in [2.75, 3.05) is 32.7 Å². The van der Waals surface area contributed by atoms with Crippen molar-refractivity contribution in [2.24, 2.45) is 5.92 Å². The highest BCUT2D eigenvalue weighted by Gasteiger charge is 2.30. The quantitative estimate of drug-likeness (QED) is 0.828. The molecule has 1 saturated carbocycles. The second-order valence-corrected chi connectivity index (χ2v) is 6.53. The molecule has 0 aromatic carbocycles. The first-order valence-corrected chi connectivity index (χ1v) is 7.97. The number of fused-ring (bicyclic) bond motifs is 1. The van der Waals surface area contributed by atoms with E-state index < -0.39 is 0 Å². The van der Waals surface area contributed by atoms with Gasteiger partial charge in [-0.1, -0.05) is 12.8 Å². The van der Waals surface area contributed by atoms with Crippen LogP contribution in [0, 0.1) is 5.92 Å². The van der Waals surface area contributed by atoms with Gasteiger partial charge in [-0.2, -0.15) is 0 Å². The third-order valence-electron chi connectivity index (χ3n) is 5.36. The molecule has 104 valence electrons. The van der Waals surface area contributed by atoms with E-state index in [0.717, 1.165) is 12.5 Å². The van der Waals surface area contributed by atoms with Gasteiger partial charge in [0.15, 0.2) is 0 Å². The van der Waals surface area contributed by atoms with Crippen molar-refractivity contribution in [3.63, 3.8) is 0 Å². The molecule has 0 aromatic rings. The van der Waals surface area contributed by atoms with Crippen LogP contribution in [0.25, 0.3) is 0 Å². The molecule has 3 fully saturated rings. The first kappa shape index (κ1) is 12.9. The van der Waals surface area contributed by atoms with E-state index >= 15 is 0 Å². The average Bonchev–Trinajstić information content (AvgIpc) is 2.82. The van der Waals surface area contributed by atoms with E-state index in [0.29, 0.717) is 5.92 Å². The summed E-state index contributed by atoms with van der Waals surface area (Å²) in [6.07, 6.45) is 8.99. The van der Waals surface area contributed by atoms with Crippen LogP contribution in [0.1, 0.15) is 44.9 Å². The van der Waals surface area contributed by atoms with Crippen LogP contribution in [0.2, 0.25) is 0 Å². The minimum atomic E-state index is 0.000898. The van der Waals surface area contributed by atoms with Crippen LogP contribution < -0.4 is 0 Å². The largest absolute Gasteiger partial charge is 0.393 e. The summed E-state index contributed by atoms with van der Waals surface area (Å²) >= 11 is 0. The van der Waals surface area contributed by atoms with E-state index in [1.54, 1.807) is 0 Å². The van der Waals surface area contributed by atoms with E-state index in [9.17, 15) is 5.11 Å². The van der Waals surface area contributed by atoms with Gasteiger partial charge in [0.1, 0.15) is 0 Å². The summed E-state index contributed by atoms with van der Waals surface area (Å²) in [5, 5.41) is 9.88. The standard InChI is InChI=1S/C15H28N2O/c18-15-6-3-4-13(15)7-9-16-10-11-17-8-2-1-5-14(17)12-16/h13-15,18H,1-12H2. The molecule has 2 saturated heterocycles. The normalized spacial score (nSPS) is 38.8. The van der Waals surface area contributed by atoms with Crippen LogP contribution in [0.15, 0.2) is 0 Å². The molecule has 3 heteroatoms. The first-order chi connectivity index (χ1) is 8.83. The molecule has 3 aliphatic rings. The molecule has 0 bridgehead atoms.